The lowest BCUT2D eigenvalue weighted by molar-refractivity contribution is -0.131. The normalized spacial score (nSPS) is 15.5. The minimum Gasteiger partial charge on any atom is -0.339 e. The molecular formula is C19H21Cl2N3O3S. The Morgan fingerprint density at radius 2 is 1.57 bits per heavy atom. The van der Waals surface area contributed by atoms with Gasteiger partial charge >= 0.3 is 0 Å². The Balaban J connectivity index is 1.96. The van der Waals surface area contributed by atoms with E-state index in [-0.39, 0.29) is 23.0 Å². The van der Waals surface area contributed by atoms with E-state index in [0.29, 0.717) is 23.1 Å². The van der Waals surface area contributed by atoms with E-state index < -0.39 is 10.0 Å². The summed E-state index contributed by atoms with van der Waals surface area (Å²) in [5.41, 5.74) is 0.254. The third kappa shape index (κ3) is 4.78. The molecule has 6 nitrogen and oxygen atoms in total. The van der Waals surface area contributed by atoms with Gasteiger partial charge in [0.2, 0.25) is 5.91 Å². The number of amides is 1. The third-order valence-corrected chi connectivity index (χ3v) is 6.83. The monoisotopic (exact) mass is 441 g/mol. The fourth-order valence-electron chi connectivity index (χ4n) is 3.00. The first kappa shape index (κ1) is 20.9. The molecule has 0 saturated carbocycles. The molecule has 150 valence electrons. The van der Waals surface area contributed by atoms with E-state index in [0.717, 1.165) is 17.4 Å². The van der Waals surface area contributed by atoms with Crippen LogP contribution in [0.3, 0.4) is 0 Å². The maximum absolute atomic E-state index is 13.3. The number of sulfonamides is 1. The molecule has 1 heterocycles. The van der Waals surface area contributed by atoms with Crippen molar-refractivity contribution in [1.29, 1.82) is 0 Å². The molecule has 1 aliphatic rings. The number of benzene rings is 2. The summed E-state index contributed by atoms with van der Waals surface area (Å²) in [5.74, 6) is -0.260. The first-order chi connectivity index (χ1) is 13.3. The molecule has 0 radical (unpaired) electrons. The van der Waals surface area contributed by atoms with Gasteiger partial charge in [0.15, 0.2) is 0 Å². The maximum atomic E-state index is 13.3. The van der Waals surface area contributed by atoms with Crippen molar-refractivity contribution in [2.75, 3.05) is 44.1 Å². The molecule has 0 unspecified atom stereocenters. The van der Waals surface area contributed by atoms with Crippen LogP contribution in [0.25, 0.3) is 0 Å². The lowest BCUT2D eigenvalue weighted by atomic mass is 10.3. The van der Waals surface area contributed by atoms with E-state index in [1.807, 2.05) is 7.05 Å². The number of nitrogens with zero attached hydrogens (tertiary/aromatic N) is 3. The van der Waals surface area contributed by atoms with E-state index in [9.17, 15) is 13.2 Å². The summed E-state index contributed by atoms with van der Waals surface area (Å²) in [7, 11) is -1.99. The Morgan fingerprint density at radius 3 is 2.14 bits per heavy atom. The van der Waals surface area contributed by atoms with Crippen LogP contribution in [0.2, 0.25) is 10.0 Å². The molecule has 0 aromatic heterocycles. The van der Waals surface area contributed by atoms with Crippen LogP contribution in [-0.4, -0.2) is 63.9 Å². The van der Waals surface area contributed by atoms with E-state index in [1.165, 1.54) is 30.3 Å². The van der Waals surface area contributed by atoms with Crippen molar-refractivity contribution in [1.82, 2.24) is 9.80 Å². The molecule has 0 bridgehead atoms. The molecule has 28 heavy (non-hydrogen) atoms. The molecule has 1 saturated heterocycles. The van der Waals surface area contributed by atoms with Crippen LogP contribution in [0.4, 0.5) is 5.69 Å². The van der Waals surface area contributed by atoms with Gasteiger partial charge in [-0.2, -0.15) is 0 Å². The molecule has 1 amide bonds. The molecule has 2 aromatic carbocycles. The molecule has 3 rings (SSSR count). The van der Waals surface area contributed by atoms with E-state index in [4.69, 9.17) is 23.2 Å². The van der Waals surface area contributed by atoms with Crippen molar-refractivity contribution >= 4 is 44.8 Å². The average molecular weight is 442 g/mol. The van der Waals surface area contributed by atoms with Gasteiger partial charge in [-0.15, -0.1) is 0 Å². The second kappa shape index (κ2) is 8.69. The predicted molar refractivity (Wildman–Crippen MR) is 112 cm³/mol. The highest BCUT2D eigenvalue weighted by Gasteiger charge is 2.30. The van der Waals surface area contributed by atoms with Gasteiger partial charge in [-0.3, -0.25) is 9.10 Å². The molecule has 0 atom stereocenters. The lowest BCUT2D eigenvalue weighted by Gasteiger charge is -2.34. The van der Waals surface area contributed by atoms with Crippen molar-refractivity contribution in [2.24, 2.45) is 0 Å². The second-order valence-corrected chi connectivity index (χ2v) is 9.37. The van der Waals surface area contributed by atoms with Crippen molar-refractivity contribution in [3.63, 3.8) is 0 Å². The fraction of sp³-hybridized carbons (Fsp3) is 0.316. The van der Waals surface area contributed by atoms with Crippen molar-refractivity contribution in [3.05, 3.63) is 58.6 Å². The zero-order valence-corrected chi connectivity index (χ0v) is 17.7. The van der Waals surface area contributed by atoms with Crippen molar-refractivity contribution in [2.45, 2.75) is 4.90 Å². The van der Waals surface area contributed by atoms with Crippen LogP contribution < -0.4 is 4.31 Å². The summed E-state index contributed by atoms with van der Waals surface area (Å²) in [6.45, 7) is 2.30. The highest BCUT2D eigenvalue weighted by molar-refractivity contribution is 7.92. The van der Waals surface area contributed by atoms with E-state index >= 15 is 0 Å². The Kier molecular flexibility index (Phi) is 6.50. The number of rotatable bonds is 5. The topological polar surface area (TPSA) is 60.9 Å². The molecule has 1 aliphatic heterocycles. The van der Waals surface area contributed by atoms with Gasteiger partial charge in [0, 0.05) is 36.2 Å². The Bertz CT molecular complexity index is 926. The number of halogens is 2. The van der Waals surface area contributed by atoms with E-state index in [2.05, 4.69) is 4.90 Å². The standard InChI is InChI=1S/C19H21Cl2N3O3S/c1-22-7-9-23(10-8-22)19(25)14-24(17-12-15(20)11-16(21)13-17)28(26,27)18-5-3-2-4-6-18/h2-6,11-13H,7-10,14H2,1H3. The minimum absolute atomic E-state index is 0.0947. The quantitative estimate of drug-likeness (QED) is 0.715. The summed E-state index contributed by atoms with van der Waals surface area (Å²) in [6, 6.07) is 12.5. The highest BCUT2D eigenvalue weighted by atomic mass is 35.5. The van der Waals surface area contributed by atoms with Crippen molar-refractivity contribution in [3.8, 4) is 0 Å². The lowest BCUT2D eigenvalue weighted by Crippen LogP contribution is -2.50. The smallest absolute Gasteiger partial charge is 0.264 e. The van der Waals surface area contributed by atoms with Gasteiger partial charge in [-0.05, 0) is 37.4 Å². The van der Waals surface area contributed by atoms with Gasteiger partial charge in [0.25, 0.3) is 10.0 Å². The largest absolute Gasteiger partial charge is 0.339 e. The molecule has 0 N–H and O–H groups in total. The molecule has 9 heteroatoms. The number of carbonyl (C=O) groups excluding carboxylic acids is 1. The van der Waals surface area contributed by atoms with Crippen LogP contribution in [0.5, 0.6) is 0 Å². The number of carbonyl (C=O) groups is 1. The third-order valence-electron chi connectivity index (χ3n) is 4.60. The summed E-state index contributed by atoms with van der Waals surface area (Å²) in [6.07, 6.45) is 0. The molecular weight excluding hydrogens is 421 g/mol. The number of hydrogen-bond donors (Lipinski definition) is 0. The van der Waals surface area contributed by atoms with Crippen LogP contribution in [0.15, 0.2) is 53.4 Å². The van der Waals surface area contributed by atoms with Gasteiger partial charge in [0.05, 0.1) is 10.6 Å². The van der Waals surface area contributed by atoms with Crippen LogP contribution >= 0.6 is 23.2 Å². The summed E-state index contributed by atoms with van der Waals surface area (Å²) in [5, 5.41) is 0.589. The van der Waals surface area contributed by atoms with Crippen LogP contribution in [0.1, 0.15) is 0 Å². The average Bonchev–Trinajstić information content (AvgIpc) is 2.66. The van der Waals surface area contributed by atoms with E-state index in [1.54, 1.807) is 23.1 Å². The Labute approximate surface area is 175 Å². The predicted octanol–water partition coefficient (Wildman–Crippen LogP) is 2.96. The molecule has 1 fully saturated rings. The van der Waals surface area contributed by atoms with Gasteiger partial charge < -0.3 is 9.80 Å². The SMILES string of the molecule is CN1CCN(C(=O)CN(c2cc(Cl)cc(Cl)c2)S(=O)(=O)c2ccccc2)CC1. The zero-order valence-electron chi connectivity index (χ0n) is 15.4. The zero-order chi connectivity index (χ0) is 20.3. The first-order valence-corrected chi connectivity index (χ1v) is 11.0. The first-order valence-electron chi connectivity index (χ1n) is 8.77. The number of piperazine rings is 1. The summed E-state index contributed by atoms with van der Waals surface area (Å²) in [4.78, 5) is 16.8. The van der Waals surface area contributed by atoms with Gasteiger partial charge in [-0.1, -0.05) is 41.4 Å². The van der Waals surface area contributed by atoms with Gasteiger partial charge in [-0.25, -0.2) is 8.42 Å². The maximum Gasteiger partial charge on any atom is 0.264 e. The van der Waals surface area contributed by atoms with Crippen LogP contribution in [0, 0.1) is 0 Å². The number of likely N-dealkylation sites (N-methyl/N-ethyl adjacent to an activating group) is 1. The number of hydrogen-bond acceptors (Lipinski definition) is 4. The van der Waals surface area contributed by atoms with Gasteiger partial charge in [0.1, 0.15) is 6.54 Å². The molecule has 0 aliphatic carbocycles. The Morgan fingerprint density at radius 1 is 1.00 bits per heavy atom. The van der Waals surface area contributed by atoms with Crippen molar-refractivity contribution < 1.29 is 13.2 Å². The fourth-order valence-corrected chi connectivity index (χ4v) is 4.93. The molecule has 0 spiro atoms. The second-order valence-electron chi connectivity index (χ2n) is 6.64. The number of anilines is 1. The summed E-state index contributed by atoms with van der Waals surface area (Å²) < 4.78 is 27.6. The summed E-state index contributed by atoms with van der Waals surface area (Å²) >= 11 is 12.2. The Hall–Kier alpha value is -1.80. The highest BCUT2D eigenvalue weighted by Crippen LogP contribution is 2.29. The molecule has 2 aromatic rings. The minimum atomic E-state index is -3.97. The van der Waals surface area contributed by atoms with Crippen LogP contribution in [-0.2, 0) is 14.8 Å².